The van der Waals surface area contributed by atoms with Gasteiger partial charge >= 0.3 is 6.09 Å². The molecule has 4 nitrogen and oxygen atoms in total. The van der Waals surface area contributed by atoms with Crippen LogP contribution in [0, 0.1) is 6.92 Å². The number of thioether (sulfide) groups is 1. The van der Waals surface area contributed by atoms with Crippen LogP contribution in [0.1, 0.15) is 24.0 Å². The average Bonchev–Trinajstić information content (AvgIpc) is 3.12. The second-order valence-corrected chi connectivity index (χ2v) is 7.20. The Kier molecular flexibility index (Phi) is 5.76. The van der Waals surface area contributed by atoms with Crippen LogP contribution in [0.5, 0.6) is 0 Å². The number of hydrogen-bond acceptors (Lipinski definition) is 4. The first kappa shape index (κ1) is 17.5. The van der Waals surface area contributed by atoms with Crippen molar-refractivity contribution in [3.8, 4) is 0 Å². The van der Waals surface area contributed by atoms with E-state index in [-0.39, 0.29) is 11.7 Å². The van der Waals surface area contributed by atoms with Gasteiger partial charge in [-0.3, -0.25) is 9.69 Å². The number of rotatable bonds is 4. The lowest BCUT2D eigenvalue weighted by Gasteiger charge is -2.22. The molecular weight excluding hydrogens is 334 g/mol. The lowest BCUT2D eigenvalue weighted by atomic mass is 10.2. The third-order valence-corrected chi connectivity index (χ3v) is 5.19. The molecule has 5 heteroatoms. The molecule has 1 aliphatic rings. The molecule has 0 unspecified atom stereocenters. The molecule has 1 fully saturated rings. The van der Waals surface area contributed by atoms with Gasteiger partial charge in [-0.15, -0.1) is 0 Å². The molecule has 0 aliphatic carbocycles. The number of nitrogens with zero attached hydrogens (tertiary/aromatic N) is 1. The largest absolute Gasteiger partial charge is 0.445 e. The summed E-state index contributed by atoms with van der Waals surface area (Å²) in [5.41, 5.74) is 2.09. The fourth-order valence-electron chi connectivity index (χ4n) is 2.82. The number of carbonyl (C=O) groups excluding carboxylic acids is 2. The Morgan fingerprint density at radius 2 is 1.84 bits per heavy atom. The van der Waals surface area contributed by atoms with E-state index in [1.807, 2.05) is 61.5 Å². The van der Waals surface area contributed by atoms with Gasteiger partial charge in [-0.1, -0.05) is 48.0 Å². The fourth-order valence-corrected chi connectivity index (χ4v) is 3.71. The van der Waals surface area contributed by atoms with Gasteiger partial charge in [0.15, 0.2) is 0 Å². The van der Waals surface area contributed by atoms with E-state index in [0.29, 0.717) is 13.0 Å². The first-order valence-electron chi connectivity index (χ1n) is 8.39. The van der Waals surface area contributed by atoms with Gasteiger partial charge in [0, 0.05) is 11.4 Å². The van der Waals surface area contributed by atoms with Crippen molar-refractivity contribution < 1.29 is 14.3 Å². The summed E-state index contributed by atoms with van der Waals surface area (Å²) in [6, 6.07) is 17.0. The van der Waals surface area contributed by atoms with E-state index in [9.17, 15) is 9.59 Å². The van der Waals surface area contributed by atoms with Gasteiger partial charge in [0.05, 0.1) is 0 Å². The zero-order valence-corrected chi connectivity index (χ0v) is 15.0. The summed E-state index contributed by atoms with van der Waals surface area (Å²) in [5.74, 6) is 0. The first-order valence-corrected chi connectivity index (χ1v) is 9.21. The minimum absolute atomic E-state index is 0.00184. The van der Waals surface area contributed by atoms with Crippen molar-refractivity contribution in [2.45, 2.75) is 37.3 Å². The van der Waals surface area contributed by atoms with Crippen LogP contribution in [-0.4, -0.2) is 28.7 Å². The molecular formula is C20H21NO3S. The van der Waals surface area contributed by atoms with Gasteiger partial charge in [-0.2, -0.15) is 0 Å². The standard InChI is InChI=1S/C20H21NO3S/c1-15-9-11-17(12-10-15)25-19(22)18-8-5-13-21(18)20(23)24-14-16-6-3-2-4-7-16/h2-4,6-7,9-12,18H,5,8,13-14H2,1H3/t18-/m0/s1. The molecule has 1 amide bonds. The van der Waals surface area contributed by atoms with Crippen LogP contribution in [0.2, 0.25) is 0 Å². The Labute approximate surface area is 152 Å². The number of amides is 1. The predicted octanol–water partition coefficient (Wildman–Crippen LogP) is 4.41. The Hall–Kier alpha value is -2.27. The molecule has 0 bridgehead atoms. The van der Waals surface area contributed by atoms with Crippen molar-refractivity contribution in [1.29, 1.82) is 0 Å². The monoisotopic (exact) mass is 355 g/mol. The SMILES string of the molecule is Cc1ccc(SC(=O)[C@@H]2CCCN2C(=O)OCc2ccccc2)cc1. The topological polar surface area (TPSA) is 46.6 Å². The summed E-state index contributed by atoms with van der Waals surface area (Å²) in [5, 5.41) is -0.00184. The van der Waals surface area contributed by atoms with Crippen molar-refractivity contribution in [3.63, 3.8) is 0 Å². The quantitative estimate of drug-likeness (QED) is 0.762. The number of ether oxygens (including phenoxy) is 1. The van der Waals surface area contributed by atoms with Crippen LogP contribution in [-0.2, 0) is 16.1 Å². The van der Waals surface area contributed by atoms with Crippen LogP contribution in [0.3, 0.4) is 0 Å². The summed E-state index contributed by atoms with van der Waals surface area (Å²) < 4.78 is 5.38. The van der Waals surface area contributed by atoms with E-state index < -0.39 is 12.1 Å². The van der Waals surface area contributed by atoms with Crippen molar-refractivity contribution in [1.82, 2.24) is 4.90 Å². The lowest BCUT2D eigenvalue weighted by molar-refractivity contribution is -0.114. The molecule has 2 aromatic carbocycles. The normalized spacial score (nSPS) is 16.7. The van der Waals surface area contributed by atoms with E-state index in [2.05, 4.69) is 0 Å². The molecule has 0 N–H and O–H groups in total. The van der Waals surface area contributed by atoms with E-state index in [1.54, 1.807) is 4.90 Å². The summed E-state index contributed by atoms with van der Waals surface area (Å²) in [6.45, 7) is 2.80. The molecule has 1 saturated heterocycles. The Balaban J connectivity index is 1.58. The molecule has 2 aromatic rings. The third-order valence-electron chi connectivity index (χ3n) is 4.20. The first-order chi connectivity index (χ1) is 12.1. The van der Waals surface area contributed by atoms with E-state index >= 15 is 0 Å². The highest BCUT2D eigenvalue weighted by Crippen LogP contribution is 2.28. The molecule has 0 spiro atoms. The molecule has 0 radical (unpaired) electrons. The third kappa shape index (κ3) is 4.63. The predicted molar refractivity (Wildman–Crippen MR) is 98.4 cm³/mol. The van der Waals surface area contributed by atoms with Gasteiger partial charge in [0.1, 0.15) is 12.6 Å². The summed E-state index contributed by atoms with van der Waals surface area (Å²) >= 11 is 1.20. The highest BCUT2D eigenvalue weighted by atomic mass is 32.2. The zero-order valence-electron chi connectivity index (χ0n) is 14.2. The van der Waals surface area contributed by atoms with E-state index in [4.69, 9.17) is 4.74 Å². The maximum absolute atomic E-state index is 12.6. The average molecular weight is 355 g/mol. The zero-order chi connectivity index (χ0) is 17.6. The van der Waals surface area contributed by atoms with E-state index in [1.165, 1.54) is 11.8 Å². The van der Waals surface area contributed by atoms with Gasteiger partial charge in [-0.25, -0.2) is 4.79 Å². The molecule has 25 heavy (non-hydrogen) atoms. The summed E-state index contributed by atoms with van der Waals surface area (Å²) in [7, 11) is 0. The molecule has 1 atom stereocenters. The van der Waals surface area contributed by atoms with Crippen LogP contribution in [0.4, 0.5) is 4.79 Å². The maximum Gasteiger partial charge on any atom is 0.410 e. The fraction of sp³-hybridized carbons (Fsp3) is 0.300. The minimum Gasteiger partial charge on any atom is -0.445 e. The highest BCUT2D eigenvalue weighted by molar-refractivity contribution is 8.13. The van der Waals surface area contributed by atoms with Crippen molar-refractivity contribution in [3.05, 3.63) is 65.7 Å². The van der Waals surface area contributed by atoms with Gasteiger partial charge < -0.3 is 4.74 Å². The van der Waals surface area contributed by atoms with Crippen LogP contribution < -0.4 is 0 Å². The number of hydrogen-bond donors (Lipinski definition) is 0. The molecule has 1 heterocycles. The van der Waals surface area contributed by atoms with Crippen LogP contribution >= 0.6 is 11.8 Å². The maximum atomic E-state index is 12.6. The Morgan fingerprint density at radius 3 is 2.56 bits per heavy atom. The molecule has 1 aliphatic heterocycles. The molecule has 0 saturated carbocycles. The lowest BCUT2D eigenvalue weighted by Crippen LogP contribution is -2.39. The smallest absolute Gasteiger partial charge is 0.410 e. The molecule has 0 aromatic heterocycles. The van der Waals surface area contributed by atoms with Gasteiger partial charge in [0.25, 0.3) is 0 Å². The number of benzene rings is 2. The Bertz CT molecular complexity index is 730. The summed E-state index contributed by atoms with van der Waals surface area (Å²) in [4.78, 5) is 27.4. The van der Waals surface area contributed by atoms with Crippen LogP contribution in [0.15, 0.2) is 59.5 Å². The van der Waals surface area contributed by atoms with Crippen molar-refractivity contribution in [2.75, 3.05) is 6.54 Å². The van der Waals surface area contributed by atoms with Crippen molar-refractivity contribution in [2.24, 2.45) is 0 Å². The summed E-state index contributed by atoms with van der Waals surface area (Å²) in [6.07, 6.45) is 1.10. The van der Waals surface area contributed by atoms with Gasteiger partial charge in [-0.05, 0) is 49.2 Å². The highest BCUT2D eigenvalue weighted by Gasteiger charge is 2.35. The van der Waals surface area contributed by atoms with Crippen molar-refractivity contribution >= 4 is 23.0 Å². The van der Waals surface area contributed by atoms with Crippen LogP contribution in [0.25, 0.3) is 0 Å². The minimum atomic E-state index is -0.413. The molecule has 130 valence electrons. The second-order valence-electron chi connectivity index (χ2n) is 6.13. The van der Waals surface area contributed by atoms with E-state index in [0.717, 1.165) is 22.4 Å². The number of carbonyl (C=O) groups is 2. The Morgan fingerprint density at radius 1 is 1.12 bits per heavy atom. The van der Waals surface area contributed by atoms with Gasteiger partial charge in [0.2, 0.25) is 5.12 Å². The number of aryl methyl sites for hydroxylation is 1. The molecule has 3 rings (SSSR count). The second kappa shape index (κ2) is 8.21. The number of likely N-dealkylation sites (tertiary alicyclic amines) is 1.